The third-order valence-electron chi connectivity index (χ3n) is 2.19. The van der Waals surface area contributed by atoms with Crippen LogP contribution in [0.1, 0.15) is 16.2 Å². The summed E-state index contributed by atoms with van der Waals surface area (Å²) in [5.41, 5.74) is 1.01. The Kier molecular flexibility index (Phi) is 3.83. The zero-order chi connectivity index (χ0) is 13.1. The normalized spacial score (nSPS) is 10.4. The number of nitrogens with one attached hydrogen (secondary N) is 1. The summed E-state index contributed by atoms with van der Waals surface area (Å²) < 4.78 is 6.52. The molecule has 1 N–H and O–H groups in total. The number of methoxy groups -OCH3 is 1. The van der Waals surface area contributed by atoms with E-state index in [9.17, 15) is 4.79 Å². The first kappa shape index (κ1) is 12.8. The van der Waals surface area contributed by atoms with Crippen molar-refractivity contribution in [2.75, 3.05) is 12.4 Å². The summed E-state index contributed by atoms with van der Waals surface area (Å²) in [5, 5.41) is 8.98. The van der Waals surface area contributed by atoms with Gasteiger partial charge in [0.2, 0.25) is 5.88 Å². The highest BCUT2D eigenvalue weighted by Gasteiger charge is 2.14. The molecule has 2 heterocycles. The van der Waals surface area contributed by atoms with Crippen LogP contribution < -0.4 is 10.1 Å². The van der Waals surface area contributed by atoms with E-state index in [0.717, 1.165) is 5.69 Å². The van der Waals surface area contributed by atoms with E-state index in [0.29, 0.717) is 16.9 Å². The number of alkyl halides is 1. The molecule has 0 radical (unpaired) electrons. The van der Waals surface area contributed by atoms with E-state index in [2.05, 4.69) is 15.4 Å². The smallest absolute Gasteiger partial charge is 0.278 e. The summed E-state index contributed by atoms with van der Waals surface area (Å²) in [7, 11) is 3.22. The Bertz CT molecular complexity index is 566. The maximum Gasteiger partial charge on any atom is 0.278 e. The molecule has 0 saturated heterocycles. The molecule has 96 valence electrons. The van der Waals surface area contributed by atoms with Crippen molar-refractivity contribution in [2.45, 2.75) is 5.88 Å². The Balaban J connectivity index is 2.11. The molecule has 2 aromatic rings. The minimum absolute atomic E-state index is 0.275. The number of hydrogen-bond acceptors (Lipinski definition) is 5. The first-order valence-corrected chi connectivity index (χ1v) is 6.45. The van der Waals surface area contributed by atoms with Crippen LogP contribution in [0.3, 0.4) is 0 Å². The Morgan fingerprint density at radius 2 is 2.44 bits per heavy atom. The highest BCUT2D eigenvalue weighted by Crippen LogP contribution is 2.18. The van der Waals surface area contributed by atoms with Gasteiger partial charge in [-0.25, -0.2) is 9.67 Å². The number of anilines is 1. The summed E-state index contributed by atoms with van der Waals surface area (Å²) >= 11 is 6.96. The van der Waals surface area contributed by atoms with Crippen molar-refractivity contribution in [3.05, 3.63) is 22.8 Å². The highest BCUT2D eigenvalue weighted by atomic mass is 35.5. The van der Waals surface area contributed by atoms with Crippen molar-refractivity contribution >= 4 is 34.0 Å². The number of rotatable bonds is 4. The molecule has 2 aromatic heterocycles. The number of aromatic nitrogens is 3. The summed E-state index contributed by atoms with van der Waals surface area (Å²) in [4.78, 5) is 16.0. The molecule has 0 aliphatic heterocycles. The number of thiazole rings is 1. The Labute approximate surface area is 113 Å². The molecule has 0 fully saturated rings. The lowest BCUT2D eigenvalue weighted by atomic mass is 10.4. The van der Waals surface area contributed by atoms with Crippen LogP contribution in [0.4, 0.5) is 5.13 Å². The Morgan fingerprint density at radius 3 is 3.00 bits per heavy atom. The summed E-state index contributed by atoms with van der Waals surface area (Å²) in [5.74, 6) is 0.508. The van der Waals surface area contributed by atoms with Gasteiger partial charge in [-0.2, -0.15) is 5.10 Å². The second-order valence-electron chi connectivity index (χ2n) is 3.43. The number of carbonyl (C=O) groups is 1. The fraction of sp³-hybridized carbons (Fsp3) is 0.300. The first-order chi connectivity index (χ1) is 8.63. The number of hydrogen-bond donors (Lipinski definition) is 1. The summed E-state index contributed by atoms with van der Waals surface area (Å²) in [6.07, 6.45) is 0. The molecule has 18 heavy (non-hydrogen) atoms. The monoisotopic (exact) mass is 286 g/mol. The number of halogens is 1. The number of amides is 1. The van der Waals surface area contributed by atoms with E-state index in [1.165, 1.54) is 23.1 Å². The largest absolute Gasteiger partial charge is 0.481 e. The van der Waals surface area contributed by atoms with Gasteiger partial charge in [-0.3, -0.25) is 10.1 Å². The number of ether oxygens (including phenoxy) is 1. The van der Waals surface area contributed by atoms with Crippen molar-refractivity contribution in [1.82, 2.24) is 14.8 Å². The zero-order valence-corrected chi connectivity index (χ0v) is 11.4. The molecule has 0 aliphatic rings. The Hall–Kier alpha value is -1.60. The molecule has 1 amide bonds. The fourth-order valence-electron chi connectivity index (χ4n) is 1.34. The van der Waals surface area contributed by atoms with Crippen molar-refractivity contribution in [3.8, 4) is 5.88 Å². The molecule has 8 heteroatoms. The number of nitrogens with zero attached hydrogens (tertiary/aromatic N) is 3. The zero-order valence-electron chi connectivity index (χ0n) is 9.81. The molecular weight excluding hydrogens is 276 g/mol. The molecule has 0 saturated carbocycles. The van der Waals surface area contributed by atoms with Crippen LogP contribution in [0.25, 0.3) is 0 Å². The maximum atomic E-state index is 11.9. The lowest BCUT2D eigenvalue weighted by Gasteiger charge is -1.96. The third kappa shape index (κ3) is 2.62. The van der Waals surface area contributed by atoms with Gasteiger partial charge in [0.05, 0.1) is 18.7 Å². The van der Waals surface area contributed by atoms with E-state index in [4.69, 9.17) is 16.3 Å². The van der Waals surface area contributed by atoms with E-state index in [1.54, 1.807) is 18.5 Å². The van der Waals surface area contributed by atoms with Crippen LogP contribution in [0.5, 0.6) is 5.88 Å². The Morgan fingerprint density at radius 1 is 1.67 bits per heavy atom. The second kappa shape index (κ2) is 5.36. The van der Waals surface area contributed by atoms with Gasteiger partial charge < -0.3 is 4.74 Å². The minimum Gasteiger partial charge on any atom is -0.481 e. The van der Waals surface area contributed by atoms with Gasteiger partial charge in [0.25, 0.3) is 5.91 Å². The van der Waals surface area contributed by atoms with Crippen LogP contribution >= 0.6 is 22.9 Å². The molecule has 0 unspecified atom stereocenters. The number of carbonyl (C=O) groups excluding carboxylic acids is 1. The van der Waals surface area contributed by atoms with Crippen molar-refractivity contribution in [3.63, 3.8) is 0 Å². The number of aryl methyl sites for hydroxylation is 1. The molecule has 0 aromatic carbocycles. The van der Waals surface area contributed by atoms with E-state index < -0.39 is 0 Å². The average Bonchev–Trinajstić information content (AvgIpc) is 2.95. The quantitative estimate of drug-likeness (QED) is 0.871. The maximum absolute atomic E-state index is 11.9. The molecule has 0 aliphatic carbocycles. The van der Waals surface area contributed by atoms with Gasteiger partial charge in [0.1, 0.15) is 0 Å². The summed E-state index contributed by atoms with van der Waals surface area (Å²) in [6, 6.07) is 1.56. The van der Waals surface area contributed by atoms with E-state index >= 15 is 0 Å². The molecule has 0 bridgehead atoms. The highest BCUT2D eigenvalue weighted by molar-refractivity contribution is 7.14. The minimum atomic E-state index is -0.329. The molecule has 2 rings (SSSR count). The lowest BCUT2D eigenvalue weighted by Crippen LogP contribution is -2.12. The van der Waals surface area contributed by atoms with Crippen molar-refractivity contribution in [1.29, 1.82) is 0 Å². The summed E-state index contributed by atoms with van der Waals surface area (Å²) in [6.45, 7) is 0. The molecule has 0 spiro atoms. The van der Waals surface area contributed by atoms with Gasteiger partial charge in [-0.1, -0.05) is 0 Å². The van der Waals surface area contributed by atoms with Crippen LogP contribution in [0, 0.1) is 0 Å². The van der Waals surface area contributed by atoms with Gasteiger partial charge in [-0.05, 0) is 0 Å². The predicted molar refractivity (Wildman–Crippen MR) is 69.4 cm³/mol. The van der Waals surface area contributed by atoms with Crippen LogP contribution in [-0.4, -0.2) is 27.8 Å². The first-order valence-electron chi connectivity index (χ1n) is 5.03. The molecule has 6 nitrogen and oxygen atoms in total. The molecular formula is C10H11ClN4O2S. The van der Waals surface area contributed by atoms with Gasteiger partial charge in [0, 0.05) is 18.5 Å². The third-order valence-corrected chi connectivity index (χ3v) is 3.27. The molecule has 0 atom stereocenters. The van der Waals surface area contributed by atoms with E-state index in [-0.39, 0.29) is 11.6 Å². The average molecular weight is 287 g/mol. The van der Waals surface area contributed by atoms with Crippen molar-refractivity contribution in [2.24, 2.45) is 7.05 Å². The SMILES string of the molecule is COc1cc(C(=O)Nc2nc(CCl)cs2)nn1C. The lowest BCUT2D eigenvalue weighted by molar-refractivity contribution is 0.102. The van der Waals surface area contributed by atoms with Crippen molar-refractivity contribution < 1.29 is 9.53 Å². The second-order valence-corrected chi connectivity index (χ2v) is 4.55. The predicted octanol–water partition coefficient (Wildman–Crippen LogP) is 1.88. The van der Waals surface area contributed by atoms with E-state index in [1.807, 2.05) is 0 Å². The van der Waals surface area contributed by atoms with Crippen LogP contribution in [0.2, 0.25) is 0 Å². The standard InChI is InChI=1S/C10H11ClN4O2S/c1-15-8(17-2)3-7(14-15)9(16)13-10-12-6(4-11)5-18-10/h3,5H,4H2,1-2H3,(H,12,13,16). The van der Waals surface area contributed by atoms with Crippen LogP contribution in [-0.2, 0) is 12.9 Å². The fourth-order valence-corrected chi connectivity index (χ4v) is 2.27. The van der Waals surface area contributed by atoms with Gasteiger partial charge in [-0.15, -0.1) is 22.9 Å². The van der Waals surface area contributed by atoms with Gasteiger partial charge >= 0.3 is 0 Å². The van der Waals surface area contributed by atoms with Crippen LogP contribution in [0.15, 0.2) is 11.4 Å². The topological polar surface area (TPSA) is 69.0 Å². The van der Waals surface area contributed by atoms with Gasteiger partial charge in [0.15, 0.2) is 10.8 Å².